The minimum absolute atomic E-state index is 0.488. The maximum absolute atomic E-state index is 5.44. The first-order valence-corrected chi connectivity index (χ1v) is 5.15. The van der Waals surface area contributed by atoms with Crippen molar-refractivity contribution in [2.75, 3.05) is 20.3 Å². The Labute approximate surface area is 84.3 Å². The van der Waals surface area contributed by atoms with Crippen molar-refractivity contribution in [2.45, 2.75) is 25.4 Å². The first-order valence-electron chi connectivity index (χ1n) is 5.15. The van der Waals surface area contributed by atoms with E-state index in [1.54, 1.807) is 0 Å². The summed E-state index contributed by atoms with van der Waals surface area (Å²) in [4.78, 5) is 4.33. The minimum atomic E-state index is 0.488. The van der Waals surface area contributed by atoms with Crippen molar-refractivity contribution >= 4 is 0 Å². The third-order valence-electron chi connectivity index (χ3n) is 2.57. The molecule has 4 nitrogen and oxygen atoms in total. The molecule has 1 unspecified atom stereocenters. The summed E-state index contributed by atoms with van der Waals surface area (Å²) in [7, 11) is 1.93. The third kappa shape index (κ3) is 2.13. The molecule has 1 fully saturated rings. The van der Waals surface area contributed by atoms with Crippen LogP contribution >= 0.6 is 0 Å². The van der Waals surface area contributed by atoms with Gasteiger partial charge >= 0.3 is 0 Å². The molecule has 1 aromatic heterocycles. The van der Waals surface area contributed by atoms with Crippen molar-refractivity contribution in [3.8, 4) is 0 Å². The number of nitrogens with zero attached hydrogens (tertiary/aromatic N) is 2. The number of hydrogen-bond acceptors (Lipinski definition) is 3. The normalized spacial score (nSPS) is 22.5. The van der Waals surface area contributed by atoms with E-state index in [0.29, 0.717) is 6.04 Å². The van der Waals surface area contributed by atoms with Gasteiger partial charge in [-0.25, -0.2) is 4.98 Å². The maximum Gasteiger partial charge on any atom is 0.0953 e. The molecule has 0 amide bonds. The van der Waals surface area contributed by atoms with Crippen LogP contribution in [0.2, 0.25) is 0 Å². The first-order chi connectivity index (χ1) is 6.90. The van der Waals surface area contributed by atoms with E-state index in [1.165, 1.54) is 6.42 Å². The Bertz CT molecular complexity index is 279. The van der Waals surface area contributed by atoms with Crippen molar-refractivity contribution in [1.29, 1.82) is 0 Å². The van der Waals surface area contributed by atoms with Crippen LogP contribution in [0.25, 0.3) is 0 Å². The fourth-order valence-electron chi connectivity index (χ4n) is 1.81. The molecule has 0 bridgehead atoms. The average Bonchev–Trinajstić information content (AvgIpc) is 2.68. The Balaban J connectivity index is 2.00. The summed E-state index contributed by atoms with van der Waals surface area (Å²) in [6, 6.07) is 0.488. The van der Waals surface area contributed by atoms with Gasteiger partial charge in [-0.05, 0) is 19.9 Å². The summed E-state index contributed by atoms with van der Waals surface area (Å²) in [6.45, 7) is 2.57. The van der Waals surface area contributed by atoms with Crippen LogP contribution in [0.5, 0.6) is 0 Å². The molecule has 1 aliphatic rings. The van der Waals surface area contributed by atoms with E-state index in [4.69, 9.17) is 4.74 Å². The van der Waals surface area contributed by atoms with E-state index >= 15 is 0 Å². The van der Waals surface area contributed by atoms with Gasteiger partial charge < -0.3 is 14.6 Å². The largest absolute Gasteiger partial charge is 0.379 e. The molecular formula is C10H17N3O. The predicted molar refractivity (Wildman–Crippen MR) is 54.1 cm³/mol. The van der Waals surface area contributed by atoms with Crippen molar-refractivity contribution < 1.29 is 4.74 Å². The van der Waals surface area contributed by atoms with Gasteiger partial charge in [0.05, 0.1) is 24.7 Å². The summed E-state index contributed by atoms with van der Waals surface area (Å²) in [5.41, 5.74) is 1.10. The van der Waals surface area contributed by atoms with E-state index in [9.17, 15) is 0 Å². The Kier molecular flexibility index (Phi) is 3.16. The lowest BCUT2D eigenvalue weighted by molar-refractivity contribution is 0.0591. The third-order valence-corrected chi connectivity index (χ3v) is 2.57. The lowest BCUT2D eigenvalue weighted by atomic mass is 10.1. The monoisotopic (exact) mass is 195 g/mol. The highest BCUT2D eigenvalue weighted by molar-refractivity contribution is 4.97. The van der Waals surface area contributed by atoms with Gasteiger partial charge in [0.2, 0.25) is 0 Å². The highest BCUT2D eigenvalue weighted by Crippen LogP contribution is 2.19. The zero-order chi connectivity index (χ0) is 9.80. The van der Waals surface area contributed by atoms with E-state index in [1.807, 2.05) is 13.4 Å². The minimum Gasteiger partial charge on any atom is -0.379 e. The summed E-state index contributed by atoms with van der Waals surface area (Å²) >= 11 is 0. The molecule has 0 aliphatic carbocycles. The molecule has 78 valence electrons. The summed E-state index contributed by atoms with van der Waals surface area (Å²) in [5, 5.41) is 3.09. The fourth-order valence-corrected chi connectivity index (χ4v) is 1.81. The van der Waals surface area contributed by atoms with Crippen LogP contribution in [0.3, 0.4) is 0 Å². The van der Waals surface area contributed by atoms with Crippen LogP contribution in [0.1, 0.15) is 24.6 Å². The Morgan fingerprint density at radius 3 is 3.36 bits per heavy atom. The van der Waals surface area contributed by atoms with E-state index in [0.717, 1.165) is 31.9 Å². The standard InChI is InChI=1S/C10H17N3O/c1-11-5-9-6-13(8-12-9)10-3-2-4-14-7-10/h6,8,10-11H,2-5,7H2,1H3. The second-order valence-electron chi connectivity index (χ2n) is 3.71. The zero-order valence-electron chi connectivity index (χ0n) is 8.57. The predicted octanol–water partition coefficient (Wildman–Crippen LogP) is 0.954. The molecule has 1 N–H and O–H groups in total. The lowest BCUT2D eigenvalue weighted by Crippen LogP contribution is -2.20. The maximum atomic E-state index is 5.44. The number of imidazole rings is 1. The molecule has 0 spiro atoms. The lowest BCUT2D eigenvalue weighted by Gasteiger charge is -2.22. The van der Waals surface area contributed by atoms with Gasteiger partial charge in [-0.15, -0.1) is 0 Å². The first kappa shape index (κ1) is 9.68. The number of ether oxygens (including phenoxy) is 1. The van der Waals surface area contributed by atoms with Gasteiger partial charge in [0.15, 0.2) is 0 Å². The van der Waals surface area contributed by atoms with Crippen LogP contribution in [-0.2, 0) is 11.3 Å². The van der Waals surface area contributed by atoms with Gasteiger partial charge in [0.1, 0.15) is 0 Å². The van der Waals surface area contributed by atoms with Crippen LogP contribution in [0, 0.1) is 0 Å². The molecule has 0 aromatic carbocycles. The second-order valence-corrected chi connectivity index (χ2v) is 3.71. The molecule has 0 saturated carbocycles. The van der Waals surface area contributed by atoms with Gasteiger partial charge in [-0.1, -0.05) is 0 Å². The van der Waals surface area contributed by atoms with E-state index in [2.05, 4.69) is 21.1 Å². The Hall–Kier alpha value is -0.870. The fraction of sp³-hybridized carbons (Fsp3) is 0.700. The summed E-state index contributed by atoms with van der Waals surface area (Å²) < 4.78 is 7.61. The highest BCUT2D eigenvalue weighted by atomic mass is 16.5. The van der Waals surface area contributed by atoms with Gasteiger partial charge in [0, 0.05) is 19.3 Å². The molecule has 1 aliphatic heterocycles. The van der Waals surface area contributed by atoms with Crippen molar-refractivity contribution in [1.82, 2.24) is 14.9 Å². The van der Waals surface area contributed by atoms with Crippen molar-refractivity contribution in [3.63, 3.8) is 0 Å². The highest BCUT2D eigenvalue weighted by Gasteiger charge is 2.15. The average molecular weight is 195 g/mol. The number of rotatable bonds is 3. The summed E-state index contributed by atoms with van der Waals surface area (Å²) in [5.74, 6) is 0. The topological polar surface area (TPSA) is 39.1 Å². The molecule has 1 atom stereocenters. The Morgan fingerprint density at radius 1 is 1.71 bits per heavy atom. The number of nitrogens with one attached hydrogen (secondary N) is 1. The molecule has 4 heteroatoms. The van der Waals surface area contributed by atoms with E-state index < -0.39 is 0 Å². The van der Waals surface area contributed by atoms with Crippen LogP contribution in [-0.4, -0.2) is 29.8 Å². The molecule has 2 heterocycles. The smallest absolute Gasteiger partial charge is 0.0953 e. The zero-order valence-corrected chi connectivity index (χ0v) is 8.57. The molecular weight excluding hydrogens is 178 g/mol. The van der Waals surface area contributed by atoms with Gasteiger partial charge in [-0.2, -0.15) is 0 Å². The second kappa shape index (κ2) is 4.57. The van der Waals surface area contributed by atoms with Crippen molar-refractivity contribution in [3.05, 3.63) is 18.2 Å². The van der Waals surface area contributed by atoms with Crippen LogP contribution in [0.15, 0.2) is 12.5 Å². The van der Waals surface area contributed by atoms with Crippen molar-refractivity contribution in [2.24, 2.45) is 0 Å². The van der Waals surface area contributed by atoms with E-state index in [-0.39, 0.29) is 0 Å². The number of hydrogen-bond donors (Lipinski definition) is 1. The molecule has 14 heavy (non-hydrogen) atoms. The molecule has 2 rings (SSSR count). The van der Waals surface area contributed by atoms with Crippen LogP contribution < -0.4 is 5.32 Å². The number of aromatic nitrogens is 2. The SMILES string of the molecule is CNCc1cn(C2CCCOC2)cn1. The van der Waals surface area contributed by atoms with Gasteiger partial charge in [0.25, 0.3) is 0 Å². The quantitative estimate of drug-likeness (QED) is 0.780. The summed E-state index contributed by atoms with van der Waals surface area (Å²) in [6.07, 6.45) is 6.38. The molecule has 1 saturated heterocycles. The van der Waals surface area contributed by atoms with Gasteiger partial charge in [-0.3, -0.25) is 0 Å². The Morgan fingerprint density at radius 2 is 2.64 bits per heavy atom. The van der Waals surface area contributed by atoms with Crippen LogP contribution in [0.4, 0.5) is 0 Å². The molecule has 1 aromatic rings. The molecule has 0 radical (unpaired) electrons.